The van der Waals surface area contributed by atoms with Crippen LogP contribution in [0.15, 0.2) is 88.3 Å². The van der Waals surface area contributed by atoms with Crippen LogP contribution in [0.5, 0.6) is 0 Å². The van der Waals surface area contributed by atoms with Crippen molar-refractivity contribution in [2.45, 2.75) is 6.61 Å². The number of halogens is 1. The third-order valence-electron chi connectivity index (χ3n) is 4.85. The van der Waals surface area contributed by atoms with E-state index in [0.29, 0.717) is 17.0 Å². The van der Waals surface area contributed by atoms with Gasteiger partial charge in [-0.3, -0.25) is 14.0 Å². The minimum Gasteiger partial charge on any atom is -0.456 e. The first kappa shape index (κ1) is 21.5. The van der Waals surface area contributed by atoms with Crippen molar-refractivity contribution >= 4 is 39.1 Å². The number of fused-ring (bicyclic) bond motifs is 1. The number of amides is 1. The molecule has 0 radical (unpaired) electrons. The van der Waals surface area contributed by atoms with Gasteiger partial charge in [-0.05, 0) is 52.3 Å². The maximum absolute atomic E-state index is 13.0. The number of para-hydroxylation sites is 1. The Balaban J connectivity index is 1.55. The second-order valence-corrected chi connectivity index (χ2v) is 7.90. The molecule has 0 atom stereocenters. The van der Waals surface area contributed by atoms with Crippen molar-refractivity contribution in [2.24, 2.45) is 0 Å². The normalized spacial score (nSPS) is 10.7. The molecule has 0 N–H and O–H groups in total. The van der Waals surface area contributed by atoms with E-state index in [9.17, 15) is 14.4 Å². The number of anilines is 1. The van der Waals surface area contributed by atoms with E-state index in [1.54, 1.807) is 55.7 Å². The highest BCUT2D eigenvalue weighted by molar-refractivity contribution is 9.10. The molecule has 0 fully saturated rings. The van der Waals surface area contributed by atoms with Crippen LogP contribution in [-0.2, 0) is 11.3 Å². The topological polar surface area (TPSA) is 81.0 Å². The molecule has 2 aromatic carbocycles. The summed E-state index contributed by atoms with van der Waals surface area (Å²) in [7, 11) is 1.64. The van der Waals surface area contributed by atoms with Crippen LogP contribution in [-0.4, -0.2) is 28.3 Å². The zero-order valence-corrected chi connectivity index (χ0v) is 18.7. The molecule has 2 aromatic heterocycles. The summed E-state index contributed by atoms with van der Waals surface area (Å²) in [5, 5.41) is 0. The Morgan fingerprint density at radius 1 is 1.00 bits per heavy atom. The number of benzene rings is 2. The van der Waals surface area contributed by atoms with E-state index in [-0.39, 0.29) is 29.2 Å². The molecule has 2 heterocycles. The molecule has 0 aliphatic carbocycles. The minimum absolute atomic E-state index is 0.140. The van der Waals surface area contributed by atoms with Crippen molar-refractivity contribution in [1.82, 2.24) is 9.38 Å². The Morgan fingerprint density at radius 2 is 1.69 bits per heavy atom. The van der Waals surface area contributed by atoms with Gasteiger partial charge in [0, 0.05) is 29.5 Å². The van der Waals surface area contributed by atoms with Crippen LogP contribution >= 0.6 is 15.9 Å². The fraction of sp³-hybridized carbons (Fsp3) is 0.0833. The van der Waals surface area contributed by atoms with E-state index in [2.05, 4.69) is 20.9 Å². The van der Waals surface area contributed by atoms with Gasteiger partial charge in [0.25, 0.3) is 11.5 Å². The fourth-order valence-electron chi connectivity index (χ4n) is 3.21. The first-order chi connectivity index (χ1) is 15.4. The van der Waals surface area contributed by atoms with E-state index in [1.165, 1.54) is 21.4 Å². The number of esters is 1. The Kier molecular flexibility index (Phi) is 6.13. The van der Waals surface area contributed by atoms with E-state index in [1.807, 2.05) is 18.2 Å². The van der Waals surface area contributed by atoms with Gasteiger partial charge in [-0.2, -0.15) is 0 Å². The second kappa shape index (κ2) is 9.15. The van der Waals surface area contributed by atoms with Gasteiger partial charge in [0.1, 0.15) is 12.3 Å². The zero-order valence-electron chi connectivity index (χ0n) is 17.1. The predicted molar refractivity (Wildman–Crippen MR) is 124 cm³/mol. The Labute approximate surface area is 192 Å². The predicted octanol–water partition coefficient (Wildman–Crippen LogP) is 4.09. The molecule has 0 unspecified atom stereocenters. The Hall–Kier alpha value is -3.78. The molecule has 1 amide bonds. The molecule has 0 spiro atoms. The maximum Gasteiger partial charge on any atom is 0.339 e. The molecule has 0 saturated carbocycles. The molecule has 8 heteroatoms. The van der Waals surface area contributed by atoms with Crippen LogP contribution in [0.2, 0.25) is 0 Å². The monoisotopic (exact) mass is 491 g/mol. The standard InChI is InChI=1S/C24H18BrN3O4/c1-27(18-7-3-2-4-8-18)23(30)19-9-5-6-10-20(19)24(31)32-15-17-13-22(29)28-14-16(25)11-12-21(28)26-17/h2-14H,15H2,1H3. The van der Waals surface area contributed by atoms with Gasteiger partial charge < -0.3 is 9.64 Å². The molecule has 0 saturated heterocycles. The van der Waals surface area contributed by atoms with E-state index in [4.69, 9.17) is 4.74 Å². The number of carbonyl (C=O) groups excluding carboxylic acids is 2. The Morgan fingerprint density at radius 3 is 2.44 bits per heavy atom. The van der Waals surface area contributed by atoms with Crippen molar-refractivity contribution in [1.29, 1.82) is 0 Å². The van der Waals surface area contributed by atoms with Gasteiger partial charge in [-0.15, -0.1) is 0 Å². The van der Waals surface area contributed by atoms with Crippen molar-refractivity contribution in [3.63, 3.8) is 0 Å². The molecule has 160 valence electrons. The maximum atomic E-state index is 13.0. The molecule has 7 nitrogen and oxygen atoms in total. The molecule has 0 aliphatic heterocycles. The smallest absolute Gasteiger partial charge is 0.339 e. The summed E-state index contributed by atoms with van der Waals surface area (Å²) in [6.07, 6.45) is 1.62. The van der Waals surface area contributed by atoms with Gasteiger partial charge in [-0.25, -0.2) is 9.78 Å². The number of pyridine rings is 1. The SMILES string of the molecule is CN(C(=O)c1ccccc1C(=O)OCc1cc(=O)n2cc(Br)ccc2n1)c1ccccc1. The first-order valence-electron chi connectivity index (χ1n) is 9.71. The summed E-state index contributed by atoms with van der Waals surface area (Å²) in [6.45, 7) is -0.197. The summed E-state index contributed by atoms with van der Waals surface area (Å²) < 4.78 is 7.53. The lowest BCUT2D eigenvalue weighted by Gasteiger charge is -2.18. The fourth-order valence-corrected chi connectivity index (χ4v) is 3.55. The number of carbonyl (C=O) groups is 2. The summed E-state index contributed by atoms with van der Waals surface area (Å²) in [5.41, 5.74) is 1.53. The van der Waals surface area contributed by atoms with Crippen molar-refractivity contribution < 1.29 is 14.3 Å². The third-order valence-corrected chi connectivity index (χ3v) is 5.32. The molecular formula is C24H18BrN3O4. The summed E-state index contributed by atoms with van der Waals surface area (Å²) >= 11 is 3.32. The van der Waals surface area contributed by atoms with Gasteiger partial charge >= 0.3 is 5.97 Å². The number of hydrogen-bond donors (Lipinski definition) is 0. The summed E-state index contributed by atoms with van der Waals surface area (Å²) in [6, 6.07) is 20.4. The van der Waals surface area contributed by atoms with Crippen molar-refractivity contribution in [2.75, 3.05) is 11.9 Å². The Bertz CT molecular complexity index is 1370. The van der Waals surface area contributed by atoms with Crippen LogP contribution in [0, 0.1) is 0 Å². The highest BCUT2D eigenvalue weighted by Crippen LogP contribution is 2.18. The molecule has 0 aliphatic rings. The third kappa shape index (κ3) is 4.45. The number of hydrogen-bond acceptors (Lipinski definition) is 5. The van der Waals surface area contributed by atoms with E-state index in [0.717, 1.165) is 4.47 Å². The molecule has 4 rings (SSSR count). The number of nitrogens with zero attached hydrogens (tertiary/aromatic N) is 3. The molecule has 0 bridgehead atoms. The highest BCUT2D eigenvalue weighted by Gasteiger charge is 2.21. The van der Waals surface area contributed by atoms with Gasteiger partial charge in [-0.1, -0.05) is 30.3 Å². The molecule has 32 heavy (non-hydrogen) atoms. The van der Waals surface area contributed by atoms with E-state index >= 15 is 0 Å². The first-order valence-corrected chi connectivity index (χ1v) is 10.5. The summed E-state index contributed by atoms with van der Waals surface area (Å²) in [4.78, 5) is 44.0. The second-order valence-electron chi connectivity index (χ2n) is 6.98. The highest BCUT2D eigenvalue weighted by atomic mass is 79.9. The van der Waals surface area contributed by atoms with Gasteiger partial charge in [0.2, 0.25) is 0 Å². The average molecular weight is 492 g/mol. The minimum atomic E-state index is -0.673. The zero-order chi connectivity index (χ0) is 22.7. The molecular weight excluding hydrogens is 474 g/mol. The van der Waals surface area contributed by atoms with Crippen molar-refractivity contribution in [3.05, 3.63) is 111 Å². The average Bonchev–Trinajstić information content (AvgIpc) is 2.82. The van der Waals surface area contributed by atoms with Crippen LogP contribution in [0.25, 0.3) is 5.65 Å². The lowest BCUT2D eigenvalue weighted by Crippen LogP contribution is -2.28. The van der Waals surface area contributed by atoms with Gasteiger partial charge in [0.05, 0.1) is 16.8 Å². The lowest BCUT2D eigenvalue weighted by molar-refractivity contribution is 0.0465. The quantitative estimate of drug-likeness (QED) is 0.392. The molecule has 4 aromatic rings. The van der Waals surface area contributed by atoms with Gasteiger partial charge in [0.15, 0.2) is 0 Å². The summed E-state index contributed by atoms with van der Waals surface area (Å²) in [5.74, 6) is -1.01. The van der Waals surface area contributed by atoms with Crippen LogP contribution in [0.1, 0.15) is 26.4 Å². The number of rotatable bonds is 5. The largest absolute Gasteiger partial charge is 0.456 e. The van der Waals surface area contributed by atoms with Crippen LogP contribution < -0.4 is 10.5 Å². The van der Waals surface area contributed by atoms with Crippen LogP contribution in [0.3, 0.4) is 0 Å². The van der Waals surface area contributed by atoms with E-state index < -0.39 is 5.97 Å². The van der Waals surface area contributed by atoms with Crippen molar-refractivity contribution in [3.8, 4) is 0 Å². The lowest BCUT2D eigenvalue weighted by atomic mass is 10.1. The number of aromatic nitrogens is 2. The van der Waals surface area contributed by atoms with Crippen LogP contribution in [0.4, 0.5) is 5.69 Å². The number of ether oxygens (including phenoxy) is 1.